The van der Waals surface area contributed by atoms with Crippen LogP contribution in [0.15, 0.2) is 47.4 Å². The van der Waals surface area contributed by atoms with Crippen LogP contribution in [0, 0.1) is 6.92 Å². The van der Waals surface area contributed by atoms with Crippen molar-refractivity contribution in [1.29, 1.82) is 0 Å². The third kappa shape index (κ3) is 2.86. The number of halogens is 1. The molecule has 0 aromatic heterocycles. The third-order valence-electron chi connectivity index (χ3n) is 2.62. The Hall–Kier alpha value is -1.45. The molecular weight excluding hydrogens is 266 g/mol. The Morgan fingerprint density at radius 3 is 2.67 bits per heavy atom. The Bertz CT molecular complexity index is 598. The summed E-state index contributed by atoms with van der Waals surface area (Å²) in [6.07, 6.45) is 0. The Balaban J connectivity index is 2.24. The second-order valence-corrected chi connectivity index (χ2v) is 4.84. The van der Waals surface area contributed by atoms with E-state index >= 15 is 0 Å². The summed E-state index contributed by atoms with van der Waals surface area (Å²) in [5.41, 5.74) is 2.15. The topological polar surface area (TPSA) is 29.1 Å². The van der Waals surface area contributed by atoms with Gasteiger partial charge in [0, 0.05) is 21.2 Å². The number of hydrogen-bond acceptors (Lipinski definition) is 2. The van der Waals surface area contributed by atoms with Crippen molar-refractivity contribution in [2.24, 2.45) is 0 Å². The highest BCUT2D eigenvalue weighted by atomic mass is 35.5. The first-order valence-corrected chi connectivity index (χ1v) is 6.26. The van der Waals surface area contributed by atoms with Crippen molar-refractivity contribution >= 4 is 35.8 Å². The quantitative estimate of drug-likeness (QED) is 0.792. The Kier molecular flexibility index (Phi) is 3.94. The summed E-state index contributed by atoms with van der Waals surface area (Å²) in [5, 5.41) is 3.47. The lowest BCUT2D eigenvalue weighted by molar-refractivity contribution is 0.102. The fourth-order valence-electron chi connectivity index (χ4n) is 1.58. The number of thiol groups is 1. The van der Waals surface area contributed by atoms with E-state index in [1.807, 2.05) is 19.1 Å². The van der Waals surface area contributed by atoms with Crippen LogP contribution in [-0.2, 0) is 0 Å². The third-order valence-corrected chi connectivity index (χ3v) is 3.31. The predicted molar refractivity (Wildman–Crippen MR) is 77.8 cm³/mol. The van der Waals surface area contributed by atoms with Crippen molar-refractivity contribution in [1.82, 2.24) is 0 Å². The molecule has 0 aliphatic carbocycles. The fourth-order valence-corrected chi connectivity index (χ4v) is 1.98. The monoisotopic (exact) mass is 277 g/mol. The maximum absolute atomic E-state index is 12.0. The number of amides is 1. The second kappa shape index (κ2) is 5.46. The van der Waals surface area contributed by atoms with E-state index < -0.39 is 0 Å². The lowest BCUT2D eigenvalue weighted by Crippen LogP contribution is -2.12. The average molecular weight is 278 g/mol. The molecule has 0 spiro atoms. The summed E-state index contributed by atoms with van der Waals surface area (Å²) in [4.78, 5) is 12.8. The highest BCUT2D eigenvalue weighted by Gasteiger charge is 2.08. The van der Waals surface area contributed by atoms with Gasteiger partial charge in [-0.15, -0.1) is 12.6 Å². The van der Waals surface area contributed by atoms with Crippen molar-refractivity contribution in [2.45, 2.75) is 11.8 Å². The Labute approximate surface area is 116 Å². The molecule has 0 saturated carbocycles. The zero-order valence-corrected chi connectivity index (χ0v) is 11.4. The number of nitrogens with one attached hydrogen (secondary N) is 1. The lowest BCUT2D eigenvalue weighted by atomic mass is 10.1. The van der Waals surface area contributed by atoms with Crippen LogP contribution < -0.4 is 5.32 Å². The van der Waals surface area contributed by atoms with Gasteiger partial charge in [0.25, 0.3) is 5.91 Å². The van der Waals surface area contributed by atoms with Crippen LogP contribution in [-0.4, -0.2) is 5.91 Å². The molecule has 0 aliphatic heterocycles. The van der Waals surface area contributed by atoms with E-state index in [9.17, 15) is 4.79 Å². The molecule has 2 aromatic carbocycles. The van der Waals surface area contributed by atoms with E-state index in [-0.39, 0.29) is 5.91 Å². The normalized spacial score (nSPS) is 10.2. The van der Waals surface area contributed by atoms with Gasteiger partial charge in [0.1, 0.15) is 0 Å². The number of rotatable bonds is 2. The number of benzene rings is 2. The Morgan fingerprint density at radius 1 is 1.22 bits per heavy atom. The number of carbonyl (C=O) groups excluding carboxylic acids is 1. The van der Waals surface area contributed by atoms with Crippen molar-refractivity contribution in [3.8, 4) is 0 Å². The van der Waals surface area contributed by atoms with E-state index in [1.165, 1.54) is 0 Å². The molecule has 1 amide bonds. The highest BCUT2D eigenvalue weighted by molar-refractivity contribution is 7.80. The largest absolute Gasteiger partial charge is 0.322 e. The van der Waals surface area contributed by atoms with Gasteiger partial charge in [0.05, 0.1) is 0 Å². The van der Waals surface area contributed by atoms with Gasteiger partial charge in [0.2, 0.25) is 0 Å². The molecule has 0 aliphatic rings. The van der Waals surface area contributed by atoms with Crippen molar-refractivity contribution in [3.05, 3.63) is 58.6 Å². The van der Waals surface area contributed by atoms with Gasteiger partial charge < -0.3 is 5.32 Å². The molecule has 0 radical (unpaired) electrons. The maximum Gasteiger partial charge on any atom is 0.255 e. The molecule has 0 saturated heterocycles. The molecule has 2 nitrogen and oxygen atoms in total. The summed E-state index contributed by atoms with van der Waals surface area (Å²) in [6, 6.07) is 12.5. The van der Waals surface area contributed by atoms with E-state index in [4.69, 9.17) is 11.6 Å². The smallest absolute Gasteiger partial charge is 0.255 e. The second-order valence-electron chi connectivity index (χ2n) is 3.92. The van der Waals surface area contributed by atoms with Crippen molar-refractivity contribution in [2.75, 3.05) is 5.32 Å². The van der Waals surface area contributed by atoms with Crippen LogP contribution in [0.3, 0.4) is 0 Å². The molecular formula is C14H12ClNOS. The molecule has 1 N–H and O–H groups in total. The number of carbonyl (C=O) groups is 1. The number of anilines is 1. The van der Waals surface area contributed by atoms with Crippen LogP contribution in [0.25, 0.3) is 0 Å². The standard InChI is InChI=1S/C14H12ClNOS/c1-9-12(15)6-3-7-13(9)16-14(17)10-4-2-5-11(18)8-10/h2-8,18H,1H3,(H,16,17). The van der Waals surface area contributed by atoms with Crippen LogP contribution in [0.5, 0.6) is 0 Å². The van der Waals surface area contributed by atoms with Crippen LogP contribution in [0.2, 0.25) is 5.02 Å². The first-order chi connectivity index (χ1) is 8.58. The molecule has 2 aromatic rings. The van der Waals surface area contributed by atoms with Gasteiger partial charge in [-0.2, -0.15) is 0 Å². The summed E-state index contributed by atoms with van der Waals surface area (Å²) < 4.78 is 0. The molecule has 0 fully saturated rings. The Morgan fingerprint density at radius 2 is 1.94 bits per heavy atom. The lowest BCUT2D eigenvalue weighted by Gasteiger charge is -2.09. The van der Waals surface area contributed by atoms with Crippen LogP contribution in [0.4, 0.5) is 5.69 Å². The van der Waals surface area contributed by atoms with Gasteiger partial charge >= 0.3 is 0 Å². The molecule has 0 bridgehead atoms. The number of hydrogen-bond donors (Lipinski definition) is 2. The summed E-state index contributed by atoms with van der Waals surface area (Å²) in [6.45, 7) is 1.87. The fraction of sp³-hybridized carbons (Fsp3) is 0.0714. The van der Waals surface area contributed by atoms with E-state index in [1.54, 1.807) is 30.3 Å². The average Bonchev–Trinajstić information content (AvgIpc) is 2.35. The zero-order chi connectivity index (χ0) is 13.1. The summed E-state index contributed by atoms with van der Waals surface area (Å²) in [5.74, 6) is -0.170. The molecule has 2 rings (SSSR count). The minimum Gasteiger partial charge on any atom is -0.322 e. The molecule has 0 heterocycles. The summed E-state index contributed by atoms with van der Waals surface area (Å²) in [7, 11) is 0. The summed E-state index contributed by atoms with van der Waals surface area (Å²) >= 11 is 10.2. The minimum absolute atomic E-state index is 0.170. The van der Waals surface area contributed by atoms with Crippen LogP contribution >= 0.6 is 24.2 Å². The predicted octanol–water partition coefficient (Wildman–Crippen LogP) is 4.19. The molecule has 4 heteroatoms. The molecule has 0 unspecified atom stereocenters. The van der Waals surface area contributed by atoms with Crippen LogP contribution in [0.1, 0.15) is 15.9 Å². The highest BCUT2D eigenvalue weighted by Crippen LogP contribution is 2.23. The SMILES string of the molecule is Cc1c(Cl)cccc1NC(=O)c1cccc(S)c1. The first-order valence-electron chi connectivity index (χ1n) is 5.43. The van der Waals surface area contributed by atoms with Crippen molar-refractivity contribution < 1.29 is 4.79 Å². The van der Waals surface area contributed by atoms with E-state index in [0.29, 0.717) is 10.6 Å². The zero-order valence-electron chi connectivity index (χ0n) is 9.77. The molecule has 18 heavy (non-hydrogen) atoms. The first kappa shape index (κ1) is 13.0. The maximum atomic E-state index is 12.0. The van der Waals surface area contributed by atoms with Gasteiger partial charge in [0.15, 0.2) is 0 Å². The van der Waals surface area contributed by atoms with E-state index in [2.05, 4.69) is 17.9 Å². The van der Waals surface area contributed by atoms with Gasteiger partial charge in [-0.25, -0.2) is 0 Å². The molecule has 92 valence electrons. The molecule has 0 atom stereocenters. The van der Waals surface area contributed by atoms with E-state index in [0.717, 1.165) is 16.1 Å². The minimum atomic E-state index is -0.170. The van der Waals surface area contributed by atoms with Gasteiger partial charge in [-0.05, 0) is 42.8 Å². The van der Waals surface area contributed by atoms with Crippen molar-refractivity contribution in [3.63, 3.8) is 0 Å². The van der Waals surface area contributed by atoms with Gasteiger partial charge in [-0.1, -0.05) is 23.7 Å². The van der Waals surface area contributed by atoms with Gasteiger partial charge in [-0.3, -0.25) is 4.79 Å².